The van der Waals surface area contributed by atoms with Crippen molar-refractivity contribution in [1.82, 2.24) is 4.90 Å². The van der Waals surface area contributed by atoms with E-state index in [1.165, 1.54) is 11.1 Å². The number of nitrogens with zero attached hydrogens (tertiary/aromatic N) is 2. The number of methoxy groups -OCH3 is 2. The molecular weight excluding hydrogens is 308 g/mol. The molecule has 1 heterocycles. The van der Waals surface area contributed by atoms with Gasteiger partial charge in [0.2, 0.25) is 0 Å². The Hall–Kier alpha value is -2.60. The van der Waals surface area contributed by atoms with Crippen LogP contribution in [0.4, 0.5) is 5.69 Å². The number of hydrogen-bond donors (Lipinski definition) is 0. The van der Waals surface area contributed by atoms with Gasteiger partial charge in [0.15, 0.2) is 11.5 Å². The molecule has 126 valence electrons. The molecular formula is C18H20N2O4. The minimum absolute atomic E-state index is 0.125. The summed E-state index contributed by atoms with van der Waals surface area (Å²) in [6.07, 6.45) is 0.947. The average Bonchev–Trinajstić information content (AvgIpc) is 2.60. The zero-order chi connectivity index (χ0) is 17.1. The summed E-state index contributed by atoms with van der Waals surface area (Å²) in [4.78, 5) is 12.7. The average molecular weight is 328 g/mol. The molecule has 0 atom stereocenters. The molecule has 0 aromatic heterocycles. The van der Waals surface area contributed by atoms with E-state index >= 15 is 0 Å². The molecule has 0 N–H and O–H groups in total. The van der Waals surface area contributed by atoms with Gasteiger partial charge in [0.05, 0.1) is 19.1 Å². The lowest BCUT2D eigenvalue weighted by Gasteiger charge is -2.29. The van der Waals surface area contributed by atoms with E-state index in [0.717, 1.165) is 43.1 Å². The maximum atomic E-state index is 10.7. The Morgan fingerprint density at radius 1 is 1.08 bits per heavy atom. The van der Waals surface area contributed by atoms with E-state index < -0.39 is 0 Å². The Kier molecular flexibility index (Phi) is 4.66. The highest BCUT2D eigenvalue weighted by Crippen LogP contribution is 2.33. The number of nitro benzene ring substituents is 1. The monoisotopic (exact) mass is 328 g/mol. The summed E-state index contributed by atoms with van der Waals surface area (Å²) in [7, 11) is 3.29. The second-order valence-corrected chi connectivity index (χ2v) is 5.86. The fraction of sp³-hybridized carbons (Fsp3) is 0.333. The van der Waals surface area contributed by atoms with E-state index in [2.05, 4.69) is 11.0 Å². The summed E-state index contributed by atoms with van der Waals surface area (Å²) >= 11 is 0. The number of benzene rings is 2. The normalized spacial score (nSPS) is 14.1. The first kappa shape index (κ1) is 16.3. The maximum absolute atomic E-state index is 10.7. The number of fused-ring (bicyclic) bond motifs is 1. The molecule has 2 aromatic rings. The van der Waals surface area contributed by atoms with Crippen LogP contribution in [0.1, 0.15) is 16.7 Å². The Morgan fingerprint density at radius 3 is 2.29 bits per heavy atom. The van der Waals surface area contributed by atoms with E-state index in [1.54, 1.807) is 26.4 Å². The molecule has 6 heteroatoms. The molecule has 0 bridgehead atoms. The minimum Gasteiger partial charge on any atom is -0.493 e. The van der Waals surface area contributed by atoms with Crippen LogP contribution in [0.3, 0.4) is 0 Å². The molecule has 0 radical (unpaired) electrons. The lowest BCUT2D eigenvalue weighted by molar-refractivity contribution is -0.384. The van der Waals surface area contributed by atoms with Gasteiger partial charge >= 0.3 is 0 Å². The summed E-state index contributed by atoms with van der Waals surface area (Å²) in [6, 6.07) is 10.8. The van der Waals surface area contributed by atoms with Crippen molar-refractivity contribution in [3.8, 4) is 11.5 Å². The number of non-ortho nitro benzene ring substituents is 1. The molecule has 0 amide bonds. The number of hydrogen-bond acceptors (Lipinski definition) is 5. The predicted octanol–water partition coefficient (Wildman–Crippen LogP) is 3.17. The molecule has 0 aliphatic carbocycles. The van der Waals surface area contributed by atoms with Gasteiger partial charge in [0.1, 0.15) is 0 Å². The van der Waals surface area contributed by atoms with Crippen LogP contribution >= 0.6 is 0 Å². The van der Waals surface area contributed by atoms with Crippen LogP contribution in [0.5, 0.6) is 11.5 Å². The van der Waals surface area contributed by atoms with Gasteiger partial charge in [-0.15, -0.1) is 0 Å². The van der Waals surface area contributed by atoms with Gasteiger partial charge in [-0.1, -0.05) is 12.1 Å². The molecule has 1 aliphatic rings. The predicted molar refractivity (Wildman–Crippen MR) is 90.5 cm³/mol. The lowest BCUT2D eigenvalue weighted by atomic mass is 9.98. The summed E-state index contributed by atoms with van der Waals surface area (Å²) < 4.78 is 10.7. The summed E-state index contributed by atoms with van der Waals surface area (Å²) in [6.45, 7) is 2.54. The van der Waals surface area contributed by atoms with Crippen LogP contribution < -0.4 is 9.47 Å². The van der Waals surface area contributed by atoms with Gasteiger partial charge in [-0.25, -0.2) is 0 Å². The van der Waals surface area contributed by atoms with Crippen LogP contribution in [0, 0.1) is 10.1 Å². The first-order chi connectivity index (χ1) is 11.6. The van der Waals surface area contributed by atoms with Gasteiger partial charge in [-0.2, -0.15) is 0 Å². The van der Waals surface area contributed by atoms with E-state index in [-0.39, 0.29) is 10.6 Å². The highest BCUT2D eigenvalue weighted by atomic mass is 16.6. The Balaban J connectivity index is 1.73. The van der Waals surface area contributed by atoms with Crippen molar-refractivity contribution in [3.63, 3.8) is 0 Å². The molecule has 0 unspecified atom stereocenters. The third-order valence-corrected chi connectivity index (χ3v) is 4.35. The third-order valence-electron chi connectivity index (χ3n) is 4.35. The van der Waals surface area contributed by atoms with Crippen molar-refractivity contribution in [3.05, 3.63) is 63.2 Å². The molecule has 24 heavy (non-hydrogen) atoms. The van der Waals surface area contributed by atoms with Crippen LogP contribution in [0.25, 0.3) is 0 Å². The molecule has 0 fully saturated rings. The minimum atomic E-state index is -0.374. The van der Waals surface area contributed by atoms with Crippen LogP contribution in [-0.2, 0) is 19.5 Å². The maximum Gasteiger partial charge on any atom is 0.269 e. The van der Waals surface area contributed by atoms with Gasteiger partial charge in [-0.05, 0) is 35.2 Å². The van der Waals surface area contributed by atoms with Gasteiger partial charge in [-0.3, -0.25) is 15.0 Å². The van der Waals surface area contributed by atoms with Crippen molar-refractivity contribution in [2.75, 3.05) is 20.8 Å². The van der Waals surface area contributed by atoms with Crippen molar-refractivity contribution in [1.29, 1.82) is 0 Å². The molecule has 2 aromatic carbocycles. The fourth-order valence-electron chi connectivity index (χ4n) is 3.06. The van der Waals surface area contributed by atoms with Crippen molar-refractivity contribution < 1.29 is 14.4 Å². The van der Waals surface area contributed by atoms with Crippen LogP contribution in [0.15, 0.2) is 36.4 Å². The third kappa shape index (κ3) is 3.33. The van der Waals surface area contributed by atoms with Gasteiger partial charge in [0.25, 0.3) is 5.69 Å². The first-order valence-corrected chi connectivity index (χ1v) is 7.80. The van der Waals surface area contributed by atoms with Crippen molar-refractivity contribution >= 4 is 5.69 Å². The summed E-state index contributed by atoms with van der Waals surface area (Å²) in [5, 5.41) is 10.7. The molecule has 0 spiro atoms. The molecule has 1 aliphatic heterocycles. The summed E-state index contributed by atoms with van der Waals surface area (Å²) in [5.74, 6) is 1.51. The van der Waals surface area contributed by atoms with E-state index in [1.807, 2.05) is 18.2 Å². The Bertz CT molecular complexity index is 743. The van der Waals surface area contributed by atoms with Crippen molar-refractivity contribution in [2.24, 2.45) is 0 Å². The zero-order valence-electron chi connectivity index (χ0n) is 13.8. The van der Waals surface area contributed by atoms with E-state index in [0.29, 0.717) is 0 Å². The SMILES string of the molecule is COc1cc2c(cc1OC)CN(Cc1ccc([N+](=O)[O-])cc1)CC2. The Labute approximate surface area is 140 Å². The van der Waals surface area contributed by atoms with E-state index in [4.69, 9.17) is 9.47 Å². The van der Waals surface area contributed by atoms with Crippen molar-refractivity contribution in [2.45, 2.75) is 19.5 Å². The first-order valence-electron chi connectivity index (χ1n) is 7.80. The highest BCUT2D eigenvalue weighted by molar-refractivity contribution is 5.48. The fourth-order valence-corrected chi connectivity index (χ4v) is 3.06. The highest BCUT2D eigenvalue weighted by Gasteiger charge is 2.19. The van der Waals surface area contributed by atoms with Crippen LogP contribution in [-0.4, -0.2) is 30.6 Å². The molecule has 3 rings (SSSR count). The number of ether oxygens (including phenoxy) is 2. The topological polar surface area (TPSA) is 64.8 Å². The quantitative estimate of drug-likeness (QED) is 0.623. The molecule has 0 saturated heterocycles. The van der Waals surface area contributed by atoms with Crippen LogP contribution in [0.2, 0.25) is 0 Å². The van der Waals surface area contributed by atoms with Gasteiger partial charge < -0.3 is 9.47 Å². The lowest BCUT2D eigenvalue weighted by Crippen LogP contribution is -2.30. The molecule has 0 saturated carbocycles. The summed E-state index contributed by atoms with van der Waals surface area (Å²) in [5.41, 5.74) is 3.72. The second-order valence-electron chi connectivity index (χ2n) is 5.86. The van der Waals surface area contributed by atoms with Gasteiger partial charge in [0, 0.05) is 31.8 Å². The molecule has 6 nitrogen and oxygen atoms in total. The smallest absolute Gasteiger partial charge is 0.269 e. The Morgan fingerprint density at radius 2 is 1.71 bits per heavy atom. The standard InChI is InChI=1S/C18H20N2O4/c1-23-17-9-14-7-8-19(12-15(14)10-18(17)24-2)11-13-3-5-16(6-4-13)20(21)22/h3-6,9-10H,7-8,11-12H2,1-2H3. The largest absolute Gasteiger partial charge is 0.493 e. The number of rotatable bonds is 5. The number of nitro groups is 1. The second kappa shape index (κ2) is 6.88. The zero-order valence-corrected chi connectivity index (χ0v) is 13.8. The van der Waals surface area contributed by atoms with E-state index in [9.17, 15) is 10.1 Å².